The molecule has 17 heavy (non-hydrogen) atoms. The second kappa shape index (κ2) is 4.69. The number of hydrogen-bond donors (Lipinski definition) is 2. The van der Waals surface area contributed by atoms with Gasteiger partial charge in [0.15, 0.2) is 8.68 Å². The van der Waals surface area contributed by atoms with E-state index in [-0.39, 0.29) is 8.68 Å². The average molecular weight is 294 g/mol. The molecule has 0 aliphatic rings. The van der Waals surface area contributed by atoms with Gasteiger partial charge in [-0.25, -0.2) is 18.4 Å². The first-order valence-electron chi connectivity index (χ1n) is 4.48. The molecule has 0 fully saturated rings. The summed E-state index contributed by atoms with van der Waals surface area (Å²) < 4.78 is 26.5. The predicted octanol–water partition coefficient (Wildman–Crippen LogP) is 0.954. The first-order chi connectivity index (χ1) is 7.99. The molecule has 0 bridgehead atoms. The fourth-order valence-electron chi connectivity index (χ4n) is 1.13. The maximum absolute atomic E-state index is 11.9. The normalized spacial score (nSPS) is 13.8. The standard InChI is InChI=1S/C7H8ClN5O2S2/c1-4(6-10-3-11-12-6)13-17(14,15)5-2-9-7(8)16-5/h2-4,13H,1H3,(H,10,11,12). The second-order valence-electron chi connectivity index (χ2n) is 3.15. The first-order valence-corrected chi connectivity index (χ1v) is 7.16. The van der Waals surface area contributed by atoms with Crippen LogP contribution in [0.15, 0.2) is 16.7 Å². The van der Waals surface area contributed by atoms with Crippen LogP contribution in [-0.2, 0) is 10.0 Å². The van der Waals surface area contributed by atoms with Crippen molar-refractivity contribution >= 4 is 33.0 Å². The lowest BCUT2D eigenvalue weighted by atomic mass is 10.3. The first kappa shape index (κ1) is 12.4. The van der Waals surface area contributed by atoms with Gasteiger partial charge < -0.3 is 0 Å². The van der Waals surface area contributed by atoms with Crippen LogP contribution in [0.1, 0.15) is 18.8 Å². The molecular formula is C7H8ClN5O2S2. The van der Waals surface area contributed by atoms with Crippen LogP contribution in [0, 0.1) is 0 Å². The van der Waals surface area contributed by atoms with Crippen LogP contribution in [0.4, 0.5) is 0 Å². The Morgan fingerprint density at radius 1 is 1.53 bits per heavy atom. The van der Waals surface area contributed by atoms with Crippen LogP contribution in [-0.4, -0.2) is 28.6 Å². The highest BCUT2D eigenvalue weighted by molar-refractivity contribution is 7.91. The number of aromatic nitrogens is 4. The topological polar surface area (TPSA) is 101 Å². The zero-order chi connectivity index (χ0) is 12.5. The molecule has 0 amide bonds. The van der Waals surface area contributed by atoms with Crippen LogP contribution in [0.5, 0.6) is 0 Å². The molecule has 10 heteroatoms. The Bertz CT molecular complexity index is 594. The van der Waals surface area contributed by atoms with Crippen molar-refractivity contribution in [2.75, 3.05) is 0 Å². The van der Waals surface area contributed by atoms with Crippen molar-refractivity contribution in [1.82, 2.24) is 24.9 Å². The van der Waals surface area contributed by atoms with Crippen molar-refractivity contribution in [3.8, 4) is 0 Å². The number of aromatic amines is 1. The molecule has 0 aliphatic carbocycles. The molecule has 1 unspecified atom stereocenters. The average Bonchev–Trinajstić information content (AvgIpc) is 2.86. The summed E-state index contributed by atoms with van der Waals surface area (Å²) in [6, 6.07) is -0.511. The molecule has 0 spiro atoms. The molecule has 2 rings (SSSR count). The zero-order valence-electron chi connectivity index (χ0n) is 8.58. The van der Waals surface area contributed by atoms with E-state index in [4.69, 9.17) is 11.6 Å². The van der Waals surface area contributed by atoms with E-state index in [9.17, 15) is 8.42 Å². The number of nitrogens with one attached hydrogen (secondary N) is 2. The fraction of sp³-hybridized carbons (Fsp3) is 0.286. The van der Waals surface area contributed by atoms with Gasteiger partial charge in [0.2, 0.25) is 0 Å². The van der Waals surface area contributed by atoms with Gasteiger partial charge >= 0.3 is 0 Å². The lowest BCUT2D eigenvalue weighted by Crippen LogP contribution is -2.27. The van der Waals surface area contributed by atoms with Crippen LogP contribution in [0.3, 0.4) is 0 Å². The summed E-state index contributed by atoms with van der Waals surface area (Å²) in [5, 5.41) is 6.24. The van der Waals surface area contributed by atoms with E-state index < -0.39 is 16.1 Å². The van der Waals surface area contributed by atoms with Crippen LogP contribution < -0.4 is 4.72 Å². The van der Waals surface area contributed by atoms with Crippen molar-refractivity contribution < 1.29 is 8.42 Å². The molecule has 0 aromatic carbocycles. The lowest BCUT2D eigenvalue weighted by molar-refractivity contribution is 0.562. The zero-order valence-corrected chi connectivity index (χ0v) is 11.0. The van der Waals surface area contributed by atoms with Crippen molar-refractivity contribution in [2.24, 2.45) is 0 Å². The molecular weight excluding hydrogens is 286 g/mol. The summed E-state index contributed by atoms with van der Waals surface area (Å²) >= 11 is 6.48. The summed E-state index contributed by atoms with van der Waals surface area (Å²) in [4.78, 5) is 7.55. The van der Waals surface area contributed by atoms with E-state index in [1.54, 1.807) is 6.92 Å². The Balaban J connectivity index is 2.18. The van der Waals surface area contributed by atoms with E-state index in [1.165, 1.54) is 12.5 Å². The molecule has 2 aromatic rings. The van der Waals surface area contributed by atoms with Gasteiger partial charge in [-0.3, -0.25) is 5.10 Å². The van der Waals surface area contributed by atoms with E-state index in [0.717, 1.165) is 11.3 Å². The highest BCUT2D eigenvalue weighted by Crippen LogP contribution is 2.23. The van der Waals surface area contributed by atoms with Crippen molar-refractivity contribution in [1.29, 1.82) is 0 Å². The maximum Gasteiger partial charge on any atom is 0.252 e. The van der Waals surface area contributed by atoms with Gasteiger partial charge in [0.1, 0.15) is 12.2 Å². The van der Waals surface area contributed by atoms with Gasteiger partial charge in [0.05, 0.1) is 12.2 Å². The highest BCUT2D eigenvalue weighted by Gasteiger charge is 2.22. The van der Waals surface area contributed by atoms with Gasteiger partial charge in [0.25, 0.3) is 10.0 Å². The van der Waals surface area contributed by atoms with Crippen molar-refractivity contribution in [3.05, 3.63) is 22.8 Å². The molecule has 2 heterocycles. The molecule has 0 radical (unpaired) electrons. The Labute approximate surface area is 106 Å². The van der Waals surface area contributed by atoms with Crippen molar-refractivity contribution in [2.45, 2.75) is 17.2 Å². The number of rotatable bonds is 4. The number of H-pyrrole nitrogens is 1. The van der Waals surface area contributed by atoms with Crippen LogP contribution >= 0.6 is 22.9 Å². The molecule has 92 valence electrons. The molecule has 0 saturated carbocycles. The van der Waals surface area contributed by atoms with E-state index >= 15 is 0 Å². The Morgan fingerprint density at radius 2 is 2.29 bits per heavy atom. The third kappa shape index (κ3) is 2.80. The number of thiazole rings is 1. The van der Waals surface area contributed by atoms with Crippen LogP contribution in [0.25, 0.3) is 0 Å². The molecule has 2 N–H and O–H groups in total. The summed E-state index contributed by atoms with van der Waals surface area (Å²) in [7, 11) is -3.63. The Hall–Kier alpha value is -1.03. The highest BCUT2D eigenvalue weighted by atomic mass is 35.5. The van der Waals surface area contributed by atoms with Gasteiger partial charge in [-0.05, 0) is 6.92 Å². The number of halogens is 1. The van der Waals surface area contributed by atoms with E-state index in [1.807, 2.05) is 0 Å². The molecule has 1 atom stereocenters. The van der Waals surface area contributed by atoms with Crippen LogP contribution in [0.2, 0.25) is 4.47 Å². The fourth-order valence-corrected chi connectivity index (χ4v) is 3.65. The second-order valence-corrected chi connectivity index (χ2v) is 6.70. The van der Waals surface area contributed by atoms with Crippen molar-refractivity contribution in [3.63, 3.8) is 0 Å². The molecule has 0 aliphatic heterocycles. The van der Waals surface area contributed by atoms with Gasteiger partial charge in [-0.1, -0.05) is 22.9 Å². The largest absolute Gasteiger partial charge is 0.262 e. The summed E-state index contributed by atoms with van der Waals surface area (Å²) in [6.07, 6.45) is 2.52. The minimum absolute atomic E-state index is 0.0638. The minimum atomic E-state index is -3.63. The number of sulfonamides is 1. The smallest absolute Gasteiger partial charge is 0.252 e. The Kier molecular flexibility index (Phi) is 3.43. The number of nitrogens with zero attached hydrogens (tertiary/aromatic N) is 3. The number of hydrogen-bond acceptors (Lipinski definition) is 6. The van der Waals surface area contributed by atoms with Gasteiger partial charge in [-0.15, -0.1) is 0 Å². The van der Waals surface area contributed by atoms with Gasteiger partial charge in [-0.2, -0.15) is 9.82 Å². The summed E-state index contributed by atoms with van der Waals surface area (Å²) in [5.74, 6) is 0.434. The molecule has 2 aromatic heterocycles. The summed E-state index contributed by atoms with van der Waals surface area (Å²) in [5.41, 5.74) is 0. The Morgan fingerprint density at radius 3 is 2.82 bits per heavy atom. The third-order valence-corrected chi connectivity index (χ3v) is 5.01. The maximum atomic E-state index is 11.9. The molecule has 0 saturated heterocycles. The monoisotopic (exact) mass is 293 g/mol. The van der Waals surface area contributed by atoms with E-state index in [0.29, 0.717) is 5.82 Å². The minimum Gasteiger partial charge on any atom is -0.262 e. The van der Waals surface area contributed by atoms with Gasteiger partial charge in [0, 0.05) is 0 Å². The molecule has 7 nitrogen and oxygen atoms in total. The van der Waals surface area contributed by atoms with E-state index in [2.05, 4.69) is 24.9 Å². The lowest BCUT2D eigenvalue weighted by Gasteiger charge is -2.09. The quantitative estimate of drug-likeness (QED) is 0.874. The summed E-state index contributed by atoms with van der Waals surface area (Å²) in [6.45, 7) is 1.65. The predicted molar refractivity (Wildman–Crippen MR) is 62.2 cm³/mol. The third-order valence-electron chi connectivity index (χ3n) is 1.90. The SMILES string of the molecule is CC(NS(=O)(=O)c1cnc(Cl)s1)c1ncn[nH]1.